The zero-order valence-corrected chi connectivity index (χ0v) is 16.9. The van der Waals surface area contributed by atoms with Crippen molar-refractivity contribution in [3.63, 3.8) is 0 Å². The van der Waals surface area contributed by atoms with E-state index < -0.39 is 0 Å². The van der Waals surface area contributed by atoms with Crippen LogP contribution in [0.4, 0.5) is 5.69 Å². The van der Waals surface area contributed by atoms with Crippen molar-refractivity contribution in [2.75, 3.05) is 5.32 Å². The fourth-order valence-corrected chi connectivity index (χ4v) is 4.54. The van der Waals surface area contributed by atoms with Crippen molar-refractivity contribution in [3.05, 3.63) is 51.2 Å². The molecule has 1 amide bonds. The molecule has 3 rings (SSSR count). The zero-order chi connectivity index (χ0) is 18.5. The van der Waals surface area contributed by atoms with Crippen molar-refractivity contribution >= 4 is 40.3 Å². The summed E-state index contributed by atoms with van der Waals surface area (Å²) in [5, 5.41) is 3.47. The third-order valence-electron chi connectivity index (χ3n) is 4.87. The van der Waals surface area contributed by atoms with Crippen molar-refractivity contribution in [1.29, 1.82) is 0 Å². The third-order valence-corrected chi connectivity index (χ3v) is 6.31. The first-order chi connectivity index (χ1) is 12.6. The normalized spacial score (nSPS) is 15.8. The predicted octanol–water partition coefficient (Wildman–Crippen LogP) is 4.46. The summed E-state index contributed by atoms with van der Waals surface area (Å²) in [4.78, 5) is 14.5. The van der Waals surface area contributed by atoms with E-state index in [-0.39, 0.29) is 5.91 Å². The van der Waals surface area contributed by atoms with Crippen LogP contribution < -0.4 is 16.2 Å². The molecule has 1 atom stereocenters. The second-order valence-corrected chi connectivity index (χ2v) is 8.21. The van der Waals surface area contributed by atoms with Crippen LogP contribution in [0.2, 0.25) is 0 Å². The molecule has 1 aromatic heterocycles. The summed E-state index contributed by atoms with van der Waals surface area (Å²) < 4.78 is 0. The van der Waals surface area contributed by atoms with Gasteiger partial charge in [0.05, 0.1) is 4.88 Å². The number of fused-ring (bicyclic) bond motifs is 1. The van der Waals surface area contributed by atoms with E-state index in [4.69, 9.17) is 12.2 Å². The van der Waals surface area contributed by atoms with E-state index >= 15 is 0 Å². The molecule has 1 heterocycles. The Labute approximate surface area is 164 Å². The van der Waals surface area contributed by atoms with Crippen molar-refractivity contribution in [1.82, 2.24) is 10.9 Å². The van der Waals surface area contributed by atoms with Crippen LogP contribution in [0, 0.1) is 5.92 Å². The molecule has 3 N–H and O–H groups in total. The van der Waals surface area contributed by atoms with Crippen LogP contribution in [-0.2, 0) is 19.3 Å². The van der Waals surface area contributed by atoms with Crippen molar-refractivity contribution in [3.8, 4) is 0 Å². The van der Waals surface area contributed by atoms with Gasteiger partial charge in [0.15, 0.2) is 5.11 Å². The molecule has 1 aliphatic carbocycles. The molecule has 0 fully saturated rings. The van der Waals surface area contributed by atoms with Crippen LogP contribution in [0.5, 0.6) is 0 Å². The van der Waals surface area contributed by atoms with E-state index in [9.17, 15) is 4.79 Å². The number of benzene rings is 1. The third kappa shape index (κ3) is 4.62. The molecule has 0 radical (unpaired) electrons. The molecule has 2 aromatic rings. The maximum atomic E-state index is 12.4. The number of carbonyl (C=O) groups is 1. The summed E-state index contributed by atoms with van der Waals surface area (Å²) in [7, 11) is 0. The maximum Gasteiger partial charge on any atom is 0.279 e. The van der Waals surface area contributed by atoms with E-state index in [2.05, 4.69) is 36.1 Å². The van der Waals surface area contributed by atoms with Gasteiger partial charge >= 0.3 is 0 Å². The molecule has 0 bridgehead atoms. The minimum absolute atomic E-state index is 0.135. The van der Waals surface area contributed by atoms with Crippen LogP contribution in [0.15, 0.2) is 30.3 Å². The number of hydrogen-bond donors (Lipinski definition) is 3. The first-order valence-corrected chi connectivity index (χ1v) is 10.4. The number of anilines is 1. The summed E-state index contributed by atoms with van der Waals surface area (Å²) in [5.74, 6) is 0.616. The van der Waals surface area contributed by atoms with Crippen LogP contribution in [0.1, 0.15) is 52.4 Å². The highest BCUT2D eigenvalue weighted by atomic mass is 32.1. The van der Waals surface area contributed by atoms with Gasteiger partial charge in [0, 0.05) is 10.6 Å². The summed E-state index contributed by atoms with van der Waals surface area (Å²) in [6.07, 6.45) is 5.59. The molecule has 1 aromatic carbocycles. The van der Waals surface area contributed by atoms with Gasteiger partial charge < -0.3 is 5.32 Å². The second kappa shape index (κ2) is 8.64. The number of nitrogens with one attached hydrogen (secondary N) is 3. The van der Waals surface area contributed by atoms with Gasteiger partial charge in [0.25, 0.3) is 5.91 Å². The minimum atomic E-state index is -0.135. The molecule has 0 aliphatic heterocycles. The van der Waals surface area contributed by atoms with Gasteiger partial charge in [0.1, 0.15) is 0 Å². The topological polar surface area (TPSA) is 53.2 Å². The second-order valence-electron chi connectivity index (χ2n) is 6.66. The Kier molecular flexibility index (Phi) is 6.27. The van der Waals surface area contributed by atoms with Crippen molar-refractivity contribution in [2.45, 2.75) is 46.0 Å². The number of hydrogen-bond acceptors (Lipinski definition) is 3. The number of thiocarbonyl (C=S) groups is 1. The molecule has 0 saturated heterocycles. The summed E-state index contributed by atoms with van der Waals surface area (Å²) in [5.41, 5.74) is 8.98. The molecule has 0 spiro atoms. The van der Waals surface area contributed by atoms with E-state index in [1.165, 1.54) is 28.8 Å². The average molecular weight is 388 g/mol. The molecule has 26 heavy (non-hydrogen) atoms. The van der Waals surface area contributed by atoms with Gasteiger partial charge in [-0.2, -0.15) is 0 Å². The van der Waals surface area contributed by atoms with E-state index in [0.29, 0.717) is 5.11 Å². The molecular formula is C20H25N3OS2. The molecule has 1 aliphatic rings. The highest BCUT2D eigenvalue weighted by molar-refractivity contribution is 7.80. The first-order valence-electron chi connectivity index (χ1n) is 9.16. The Bertz CT molecular complexity index is 800. The number of thiophene rings is 1. The Hall–Kier alpha value is -1.92. The highest BCUT2D eigenvalue weighted by Crippen LogP contribution is 2.33. The van der Waals surface area contributed by atoms with Crippen LogP contribution in [0.3, 0.4) is 0 Å². The maximum absolute atomic E-state index is 12.4. The number of carbonyl (C=O) groups excluding carboxylic acids is 1. The van der Waals surface area contributed by atoms with Crippen LogP contribution in [-0.4, -0.2) is 11.0 Å². The van der Waals surface area contributed by atoms with Gasteiger partial charge in [-0.05, 0) is 73.1 Å². The lowest BCUT2D eigenvalue weighted by Crippen LogP contribution is -2.43. The molecule has 0 unspecified atom stereocenters. The van der Waals surface area contributed by atoms with E-state index in [1.807, 2.05) is 24.3 Å². The molecular weight excluding hydrogens is 362 g/mol. The smallest absolute Gasteiger partial charge is 0.279 e. The lowest BCUT2D eigenvalue weighted by atomic mass is 9.87. The summed E-state index contributed by atoms with van der Waals surface area (Å²) >= 11 is 6.87. The Balaban J connectivity index is 1.54. The SMILES string of the molecule is CCc1cccc(NC(=S)NNC(=O)c2cc3c(s2)CC[C@H](CC)C3)c1. The van der Waals surface area contributed by atoms with Gasteiger partial charge in [-0.15, -0.1) is 11.3 Å². The lowest BCUT2D eigenvalue weighted by Gasteiger charge is -2.19. The van der Waals surface area contributed by atoms with Crippen molar-refractivity contribution in [2.24, 2.45) is 5.92 Å². The van der Waals surface area contributed by atoms with Gasteiger partial charge in [-0.3, -0.25) is 15.6 Å². The standard InChI is InChI=1S/C20H25N3OS2/c1-3-13-6-5-7-16(11-13)21-20(25)23-22-19(24)18-12-15-10-14(4-2)8-9-17(15)26-18/h5-7,11-12,14H,3-4,8-10H2,1-2H3,(H,22,24)(H2,21,23,25)/t14-/m0/s1. The zero-order valence-electron chi connectivity index (χ0n) is 15.2. The molecule has 4 nitrogen and oxygen atoms in total. The van der Waals surface area contributed by atoms with E-state index in [0.717, 1.165) is 35.7 Å². The molecule has 0 saturated carbocycles. The molecule has 138 valence electrons. The Morgan fingerprint density at radius 1 is 1.27 bits per heavy atom. The average Bonchev–Trinajstić information content (AvgIpc) is 3.09. The van der Waals surface area contributed by atoms with Crippen LogP contribution >= 0.6 is 23.6 Å². The largest absolute Gasteiger partial charge is 0.331 e. The molecule has 6 heteroatoms. The van der Waals surface area contributed by atoms with Gasteiger partial charge in [0.2, 0.25) is 0 Å². The Morgan fingerprint density at radius 2 is 2.12 bits per heavy atom. The fraction of sp³-hybridized carbons (Fsp3) is 0.400. The van der Waals surface area contributed by atoms with E-state index in [1.54, 1.807) is 11.3 Å². The predicted molar refractivity (Wildman–Crippen MR) is 113 cm³/mol. The summed E-state index contributed by atoms with van der Waals surface area (Å²) in [6.45, 7) is 4.35. The first kappa shape index (κ1) is 18.9. The number of aryl methyl sites for hydroxylation is 2. The minimum Gasteiger partial charge on any atom is -0.331 e. The lowest BCUT2D eigenvalue weighted by molar-refractivity contribution is 0.0948. The Morgan fingerprint density at radius 3 is 2.88 bits per heavy atom. The monoisotopic (exact) mass is 387 g/mol. The van der Waals surface area contributed by atoms with Gasteiger partial charge in [-0.1, -0.05) is 32.4 Å². The number of hydrazine groups is 1. The van der Waals surface area contributed by atoms with Crippen molar-refractivity contribution < 1.29 is 4.79 Å². The quantitative estimate of drug-likeness (QED) is 0.536. The highest BCUT2D eigenvalue weighted by Gasteiger charge is 2.22. The summed E-state index contributed by atoms with van der Waals surface area (Å²) in [6, 6.07) is 10.1. The fourth-order valence-electron chi connectivity index (χ4n) is 3.27. The van der Waals surface area contributed by atoms with Crippen LogP contribution in [0.25, 0.3) is 0 Å². The number of rotatable bonds is 4. The van der Waals surface area contributed by atoms with Gasteiger partial charge in [-0.25, -0.2) is 0 Å². The number of amides is 1.